The lowest BCUT2D eigenvalue weighted by atomic mass is 9.78. The van der Waals surface area contributed by atoms with Crippen molar-refractivity contribution >= 4 is 5.91 Å². The number of benzene rings is 1. The molecule has 0 N–H and O–H groups in total. The predicted octanol–water partition coefficient (Wildman–Crippen LogP) is 4.22. The molecule has 2 aliphatic heterocycles. The van der Waals surface area contributed by atoms with Crippen LogP contribution in [0, 0.1) is 11.8 Å². The molecule has 1 unspecified atom stereocenters. The fourth-order valence-corrected chi connectivity index (χ4v) is 4.73. The normalized spacial score (nSPS) is 24.4. The zero-order valence-corrected chi connectivity index (χ0v) is 17.1. The Kier molecular flexibility index (Phi) is 6.69. The summed E-state index contributed by atoms with van der Waals surface area (Å²) in [4.78, 5) is 14.7. The van der Waals surface area contributed by atoms with Crippen LogP contribution in [0.5, 0.6) is 0 Å². The van der Waals surface area contributed by atoms with Crippen LogP contribution in [-0.2, 0) is 20.7 Å². The van der Waals surface area contributed by atoms with E-state index < -0.39 is 0 Å². The Morgan fingerprint density at radius 3 is 2.64 bits per heavy atom. The van der Waals surface area contributed by atoms with Crippen LogP contribution in [0.3, 0.4) is 0 Å². The second-order valence-corrected chi connectivity index (χ2v) is 9.06. The summed E-state index contributed by atoms with van der Waals surface area (Å²) in [7, 11) is 0. The van der Waals surface area contributed by atoms with E-state index >= 15 is 0 Å². The highest BCUT2D eigenvalue weighted by Gasteiger charge is 2.40. The van der Waals surface area contributed by atoms with Crippen molar-refractivity contribution in [2.24, 2.45) is 11.8 Å². The van der Waals surface area contributed by atoms with Gasteiger partial charge in [-0.15, -0.1) is 0 Å². The quantitative estimate of drug-likeness (QED) is 0.629. The van der Waals surface area contributed by atoms with Gasteiger partial charge in [0, 0.05) is 39.3 Å². The third-order valence-electron chi connectivity index (χ3n) is 6.81. The second kappa shape index (κ2) is 9.41. The fourth-order valence-electron chi connectivity index (χ4n) is 4.73. The van der Waals surface area contributed by atoms with E-state index in [1.807, 2.05) is 18.2 Å². The summed E-state index contributed by atoms with van der Waals surface area (Å²) in [6, 6.07) is 10.3. The van der Waals surface area contributed by atoms with Gasteiger partial charge in [-0.2, -0.15) is 0 Å². The largest absolute Gasteiger partial charge is 0.381 e. The topological polar surface area (TPSA) is 38.8 Å². The summed E-state index contributed by atoms with van der Waals surface area (Å²) in [5.74, 6) is 1.86. The minimum atomic E-state index is 0.00954. The van der Waals surface area contributed by atoms with Crippen molar-refractivity contribution in [1.82, 2.24) is 4.90 Å². The highest BCUT2D eigenvalue weighted by molar-refractivity contribution is 5.76. The number of piperidine rings is 1. The molecule has 3 aliphatic rings. The van der Waals surface area contributed by atoms with Gasteiger partial charge in [0.1, 0.15) is 0 Å². The summed E-state index contributed by atoms with van der Waals surface area (Å²) in [6.45, 7) is 4.43. The van der Waals surface area contributed by atoms with Crippen molar-refractivity contribution in [3.8, 4) is 0 Å². The minimum absolute atomic E-state index is 0.00954. The molecular formula is C24H35NO3. The number of nitrogens with zero attached hydrogens (tertiary/aromatic N) is 1. The lowest BCUT2D eigenvalue weighted by Gasteiger charge is -2.46. The molecule has 4 rings (SSSR count). The maximum atomic E-state index is 12.6. The van der Waals surface area contributed by atoms with E-state index in [1.165, 1.54) is 18.4 Å². The van der Waals surface area contributed by atoms with Crippen LogP contribution < -0.4 is 0 Å². The number of ether oxygens (including phenoxy) is 2. The molecule has 1 spiro atoms. The van der Waals surface area contributed by atoms with Crippen molar-refractivity contribution in [3.05, 3.63) is 35.9 Å². The third kappa shape index (κ3) is 5.57. The molecule has 1 aromatic rings. The van der Waals surface area contributed by atoms with Gasteiger partial charge in [0.15, 0.2) is 0 Å². The van der Waals surface area contributed by atoms with Crippen molar-refractivity contribution in [3.63, 3.8) is 0 Å². The standard InChI is InChI=1S/C24H35NO3/c26-23(9-8-20-4-2-1-3-5-20)25-14-12-24(13-15-25)18-21(11-17-28-24)10-16-27-19-22-6-7-22/h1-5,21-22H,6-19H2. The van der Waals surface area contributed by atoms with E-state index in [4.69, 9.17) is 9.47 Å². The summed E-state index contributed by atoms with van der Waals surface area (Å²) in [6.07, 6.45) is 9.62. The molecule has 1 aromatic carbocycles. The van der Waals surface area contributed by atoms with Crippen LogP contribution in [0.4, 0.5) is 0 Å². The molecule has 0 radical (unpaired) electrons. The van der Waals surface area contributed by atoms with Gasteiger partial charge < -0.3 is 14.4 Å². The van der Waals surface area contributed by atoms with Gasteiger partial charge in [-0.3, -0.25) is 4.79 Å². The molecule has 2 saturated heterocycles. The first kappa shape index (κ1) is 19.9. The molecule has 28 heavy (non-hydrogen) atoms. The average Bonchev–Trinajstić information content (AvgIpc) is 3.55. The number of aryl methyl sites for hydroxylation is 1. The van der Waals surface area contributed by atoms with Gasteiger partial charge in [-0.25, -0.2) is 0 Å². The van der Waals surface area contributed by atoms with E-state index in [0.29, 0.717) is 18.2 Å². The fraction of sp³-hybridized carbons (Fsp3) is 0.708. The number of rotatable bonds is 8. The molecule has 2 heterocycles. The molecule has 4 nitrogen and oxygen atoms in total. The van der Waals surface area contributed by atoms with E-state index in [-0.39, 0.29) is 5.60 Å². The van der Waals surface area contributed by atoms with Crippen LogP contribution in [0.1, 0.15) is 56.9 Å². The molecule has 0 bridgehead atoms. The van der Waals surface area contributed by atoms with Crippen LogP contribution in [0.15, 0.2) is 30.3 Å². The Hall–Kier alpha value is -1.39. The molecule has 1 saturated carbocycles. The first-order chi connectivity index (χ1) is 13.7. The van der Waals surface area contributed by atoms with E-state index in [0.717, 1.165) is 77.4 Å². The zero-order chi connectivity index (χ0) is 19.2. The summed E-state index contributed by atoms with van der Waals surface area (Å²) in [5.41, 5.74) is 1.25. The molecule has 154 valence electrons. The number of carbonyl (C=O) groups excluding carboxylic acids is 1. The lowest BCUT2D eigenvalue weighted by molar-refractivity contribution is -0.148. The van der Waals surface area contributed by atoms with Gasteiger partial charge in [0.05, 0.1) is 5.60 Å². The number of amides is 1. The van der Waals surface area contributed by atoms with Gasteiger partial charge in [-0.05, 0) is 68.8 Å². The summed E-state index contributed by atoms with van der Waals surface area (Å²) in [5, 5.41) is 0. The molecule has 0 aromatic heterocycles. The second-order valence-electron chi connectivity index (χ2n) is 9.06. The third-order valence-corrected chi connectivity index (χ3v) is 6.81. The maximum Gasteiger partial charge on any atom is 0.222 e. The van der Waals surface area contributed by atoms with Gasteiger partial charge in [-0.1, -0.05) is 30.3 Å². The van der Waals surface area contributed by atoms with Crippen LogP contribution in [-0.4, -0.2) is 49.3 Å². The van der Waals surface area contributed by atoms with Gasteiger partial charge in [0.2, 0.25) is 5.91 Å². The Bertz CT molecular complexity index is 620. The Labute approximate surface area is 169 Å². The van der Waals surface area contributed by atoms with Gasteiger partial charge in [0.25, 0.3) is 0 Å². The van der Waals surface area contributed by atoms with Crippen LogP contribution >= 0.6 is 0 Å². The first-order valence-electron chi connectivity index (χ1n) is 11.3. The summed E-state index contributed by atoms with van der Waals surface area (Å²) >= 11 is 0. The monoisotopic (exact) mass is 385 g/mol. The van der Waals surface area contributed by atoms with Crippen molar-refractivity contribution in [1.29, 1.82) is 0 Å². The highest BCUT2D eigenvalue weighted by atomic mass is 16.5. The van der Waals surface area contributed by atoms with Crippen molar-refractivity contribution < 1.29 is 14.3 Å². The van der Waals surface area contributed by atoms with Crippen molar-refractivity contribution in [2.75, 3.05) is 32.9 Å². The Balaban J connectivity index is 1.18. The number of carbonyl (C=O) groups is 1. The number of likely N-dealkylation sites (tertiary alicyclic amines) is 1. The number of hydrogen-bond acceptors (Lipinski definition) is 3. The highest BCUT2D eigenvalue weighted by Crippen LogP contribution is 2.39. The van der Waals surface area contributed by atoms with Crippen molar-refractivity contribution in [2.45, 2.75) is 63.4 Å². The molecule has 1 aliphatic carbocycles. The van der Waals surface area contributed by atoms with E-state index in [9.17, 15) is 4.79 Å². The van der Waals surface area contributed by atoms with Gasteiger partial charge >= 0.3 is 0 Å². The van der Waals surface area contributed by atoms with E-state index in [2.05, 4.69) is 17.0 Å². The molecule has 1 atom stereocenters. The summed E-state index contributed by atoms with van der Waals surface area (Å²) < 4.78 is 12.1. The Morgan fingerprint density at radius 1 is 1.11 bits per heavy atom. The average molecular weight is 386 g/mol. The molecular weight excluding hydrogens is 350 g/mol. The SMILES string of the molecule is O=C(CCc1ccccc1)N1CCC2(CC1)CC(CCOCC1CC1)CCO2. The molecule has 1 amide bonds. The smallest absolute Gasteiger partial charge is 0.222 e. The Morgan fingerprint density at radius 2 is 1.89 bits per heavy atom. The van der Waals surface area contributed by atoms with Crippen LogP contribution in [0.25, 0.3) is 0 Å². The lowest BCUT2D eigenvalue weighted by Crippen LogP contribution is -2.50. The molecule has 3 fully saturated rings. The zero-order valence-electron chi connectivity index (χ0n) is 17.1. The molecule has 4 heteroatoms. The first-order valence-corrected chi connectivity index (χ1v) is 11.3. The minimum Gasteiger partial charge on any atom is -0.381 e. The predicted molar refractivity (Wildman–Crippen MR) is 110 cm³/mol. The van der Waals surface area contributed by atoms with E-state index in [1.54, 1.807) is 0 Å². The number of hydrogen-bond donors (Lipinski definition) is 0. The maximum absolute atomic E-state index is 12.6. The van der Waals surface area contributed by atoms with Crippen LogP contribution in [0.2, 0.25) is 0 Å².